The summed E-state index contributed by atoms with van der Waals surface area (Å²) >= 11 is 0. The number of methoxy groups -OCH3 is 1. The molecule has 0 unspecified atom stereocenters. The van der Waals surface area contributed by atoms with E-state index < -0.39 is 5.82 Å². The minimum Gasteiger partial charge on any atom is -0.504 e. The standard InChI is InChI=1S/C9H11FN4O2/c1-16-7-3-6(10)2-5(8(7)15)4-13-14-9(11)12/h2-4,15H,1H3,(H4,11,12,14). The van der Waals surface area contributed by atoms with E-state index in [-0.39, 0.29) is 23.0 Å². The summed E-state index contributed by atoms with van der Waals surface area (Å²) in [7, 11) is 1.31. The topological polar surface area (TPSA) is 106 Å². The summed E-state index contributed by atoms with van der Waals surface area (Å²) in [6.45, 7) is 0. The van der Waals surface area contributed by atoms with Crippen molar-refractivity contribution < 1.29 is 14.2 Å². The molecule has 0 bridgehead atoms. The monoisotopic (exact) mass is 226 g/mol. The van der Waals surface area contributed by atoms with Crippen LogP contribution in [-0.2, 0) is 0 Å². The molecule has 86 valence electrons. The first-order valence-corrected chi connectivity index (χ1v) is 4.23. The van der Waals surface area contributed by atoms with Gasteiger partial charge in [-0.2, -0.15) is 5.10 Å². The van der Waals surface area contributed by atoms with Gasteiger partial charge in [0.15, 0.2) is 11.5 Å². The number of nitrogens with two attached hydrogens (primary N) is 2. The van der Waals surface area contributed by atoms with Crippen LogP contribution in [0.1, 0.15) is 5.56 Å². The third kappa shape index (κ3) is 2.84. The highest BCUT2D eigenvalue weighted by atomic mass is 19.1. The van der Waals surface area contributed by atoms with Crippen LogP contribution in [0, 0.1) is 5.82 Å². The fourth-order valence-electron chi connectivity index (χ4n) is 1.01. The molecule has 5 N–H and O–H groups in total. The molecule has 6 nitrogen and oxygen atoms in total. The Balaban J connectivity index is 3.09. The smallest absolute Gasteiger partial charge is 0.211 e. The normalized spacial score (nSPS) is 10.4. The lowest BCUT2D eigenvalue weighted by Gasteiger charge is -2.05. The summed E-state index contributed by atoms with van der Waals surface area (Å²) < 4.78 is 17.8. The van der Waals surface area contributed by atoms with Gasteiger partial charge in [-0.1, -0.05) is 0 Å². The third-order valence-corrected chi connectivity index (χ3v) is 1.66. The fraction of sp³-hybridized carbons (Fsp3) is 0.111. The molecule has 0 saturated heterocycles. The van der Waals surface area contributed by atoms with Crippen molar-refractivity contribution in [2.24, 2.45) is 21.7 Å². The first kappa shape index (κ1) is 11.8. The van der Waals surface area contributed by atoms with Crippen molar-refractivity contribution in [1.82, 2.24) is 0 Å². The number of hydrogen-bond acceptors (Lipinski definition) is 4. The van der Waals surface area contributed by atoms with Crippen molar-refractivity contribution in [3.63, 3.8) is 0 Å². The van der Waals surface area contributed by atoms with Crippen LogP contribution in [0.5, 0.6) is 11.5 Å². The number of halogens is 1. The van der Waals surface area contributed by atoms with Gasteiger partial charge in [0.25, 0.3) is 0 Å². The highest BCUT2D eigenvalue weighted by Gasteiger charge is 2.08. The Hall–Kier alpha value is -2.31. The molecule has 1 aromatic carbocycles. The number of rotatable bonds is 3. The predicted octanol–water partition coefficient (Wildman–Crippen LogP) is 0.147. The fourth-order valence-corrected chi connectivity index (χ4v) is 1.01. The molecule has 0 fully saturated rings. The molecule has 0 aliphatic heterocycles. The van der Waals surface area contributed by atoms with Gasteiger partial charge in [-0.15, -0.1) is 5.10 Å². The molecule has 1 aromatic rings. The van der Waals surface area contributed by atoms with Crippen LogP contribution in [-0.4, -0.2) is 24.4 Å². The number of aromatic hydroxyl groups is 1. The first-order chi connectivity index (χ1) is 7.54. The molecule has 1 rings (SSSR count). The Labute approximate surface area is 91.0 Å². The molecule has 0 radical (unpaired) electrons. The summed E-state index contributed by atoms with van der Waals surface area (Å²) in [4.78, 5) is 0. The van der Waals surface area contributed by atoms with E-state index in [0.717, 1.165) is 18.3 Å². The summed E-state index contributed by atoms with van der Waals surface area (Å²) in [6, 6.07) is 2.12. The zero-order valence-corrected chi connectivity index (χ0v) is 8.51. The average Bonchev–Trinajstić information content (AvgIpc) is 2.22. The van der Waals surface area contributed by atoms with Gasteiger partial charge in [0.1, 0.15) is 5.82 Å². The molecule has 0 spiro atoms. The lowest BCUT2D eigenvalue weighted by atomic mass is 10.2. The Morgan fingerprint density at radius 3 is 2.75 bits per heavy atom. The number of guanidine groups is 1. The number of phenolic OH excluding ortho intramolecular Hbond substituents is 1. The Bertz CT molecular complexity index is 441. The van der Waals surface area contributed by atoms with Crippen molar-refractivity contribution >= 4 is 12.2 Å². The summed E-state index contributed by atoms with van der Waals surface area (Å²) in [5, 5.41) is 16.3. The SMILES string of the molecule is COc1cc(F)cc(C=NN=C(N)N)c1O. The minimum atomic E-state index is -0.569. The van der Waals surface area contributed by atoms with E-state index in [4.69, 9.17) is 16.2 Å². The molecule has 0 saturated carbocycles. The average molecular weight is 226 g/mol. The van der Waals surface area contributed by atoms with Gasteiger partial charge in [0.05, 0.1) is 13.3 Å². The van der Waals surface area contributed by atoms with Gasteiger partial charge in [0.2, 0.25) is 5.96 Å². The molecule has 0 amide bonds. The van der Waals surface area contributed by atoms with Crippen molar-refractivity contribution in [3.05, 3.63) is 23.5 Å². The van der Waals surface area contributed by atoms with Crippen molar-refractivity contribution in [2.75, 3.05) is 7.11 Å². The van der Waals surface area contributed by atoms with E-state index >= 15 is 0 Å². The largest absolute Gasteiger partial charge is 0.504 e. The van der Waals surface area contributed by atoms with Crippen molar-refractivity contribution in [1.29, 1.82) is 0 Å². The van der Waals surface area contributed by atoms with Crippen LogP contribution < -0.4 is 16.2 Å². The maximum atomic E-state index is 13.0. The Morgan fingerprint density at radius 1 is 1.50 bits per heavy atom. The summed E-state index contributed by atoms with van der Waals surface area (Å²) in [6.07, 6.45) is 1.11. The highest BCUT2D eigenvalue weighted by Crippen LogP contribution is 2.29. The van der Waals surface area contributed by atoms with E-state index in [0.29, 0.717) is 0 Å². The molecule has 0 aliphatic rings. The molecule has 0 aromatic heterocycles. The van der Waals surface area contributed by atoms with E-state index in [1.54, 1.807) is 0 Å². The zero-order chi connectivity index (χ0) is 12.1. The van der Waals surface area contributed by atoms with Gasteiger partial charge < -0.3 is 21.3 Å². The van der Waals surface area contributed by atoms with Gasteiger partial charge in [-0.3, -0.25) is 0 Å². The van der Waals surface area contributed by atoms with Crippen LogP contribution in [0.2, 0.25) is 0 Å². The van der Waals surface area contributed by atoms with Crippen LogP contribution >= 0.6 is 0 Å². The van der Waals surface area contributed by atoms with E-state index in [1.807, 2.05) is 0 Å². The lowest BCUT2D eigenvalue weighted by Crippen LogP contribution is -2.21. The Morgan fingerprint density at radius 2 is 2.19 bits per heavy atom. The molecule has 0 heterocycles. The second-order valence-electron chi connectivity index (χ2n) is 2.82. The van der Waals surface area contributed by atoms with Gasteiger partial charge in [-0.25, -0.2) is 4.39 Å². The predicted molar refractivity (Wildman–Crippen MR) is 58.0 cm³/mol. The molecular formula is C9H11FN4O2. The number of nitrogens with zero attached hydrogens (tertiary/aromatic N) is 2. The zero-order valence-electron chi connectivity index (χ0n) is 8.51. The van der Waals surface area contributed by atoms with Crippen LogP contribution in [0.4, 0.5) is 4.39 Å². The molecule has 7 heteroatoms. The van der Waals surface area contributed by atoms with Crippen LogP contribution in [0.15, 0.2) is 22.3 Å². The second kappa shape index (κ2) is 4.96. The van der Waals surface area contributed by atoms with Crippen molar-refractivity contribution in [3.8, 4) is 11.5 Å². The third-order valence-electron chi connectivity index (χ3n) is 1.66. The van der Waals surface area contributed by atoms with Gasteiger partial charge >= 0.3 is 0 Å². The van der Waals surface area contributed by atoms with E-state index in [9.17, 15) is 9.50 Å². The molecule has 0 aliphatic carbocycles. The number of ether oxygens (including phenoxy) is 1. The van der Waals surface area contributed by atoms with E-state index in [2.05, 4.69) is 10.2 Å². The number of benzene rings is 1. The van der Waals surface area contributed by atoms with Gasteiger partial charge in [0, 0.05) is 11.6 Å². The first-order valence-electron chi connectivity index (χ1n) is 4.23. The number of phenols is 1. The molecule has 16 heavy (non-hydrogen) atoms. The quantitative estimate of drug-likeness (QED) is 0.387. The maximum Gasteiger partial charge on any atom is 0.211 e. The highest BCUT2D eigenvalue weighted by molar-refractivity contribution is 5.85. The van der Waals surface area contributed by atoms with E-state index in [1.165, 1.54) is 7.11 Å². The Kier molecular flexibility index (Phi) is 3.65. The number of hydrogen-bond donors (Lipinski definition) is 3. The van der Waals surface area contributed by atoms with Crippen LogP contribution in [0.3, 0.4) is 0 Å². The lowest BCUT2D eigenvalue weighted by molar-refractivity contribution is 0.370. The van der Waals surface area contributed by atoms with Gasteiger partial charge in [-0.05, 0) is 6.07 Å². The van der Waals surface area contributed by atoms with Crippen LogP contribution in [0.25, 0.3) is 0 Å². The summed E-state index contributed by atoms with van der Waals surface area (Å²) in [5.74, 6) is -1.04. The molecule has 0 atom stereocenters. The molecular weight excluding hydrogens is 215 g/mol. The minimum absolute atomic E-state index is 0.00569. The second-order valence-corrected chi connectivity index (χ2v) is 2.82. The van der Waals surface area contributed by atoms with Crippen molar-refractivity contribution in [2.45, 2.75) is 0 Å². The summed E-state index contributed by atoms with van der Waals surface area (Å²) in [5.41, 5.74) is 10.2. The maximum absolute atomic E-state index is 13.0.